The van der Waals surface area contributed by atoms with Crippen LogP contribution in [0.2, 0.25) is 0 Å². The maximum Gasteiger partial charge on any atom is 0.290 e. The Morgan fingerprint density at radius 2 is 1.94 bits per heavy atom. The van der Waals surface area contributed by atoms with Crippen molar-refractivity contribution in [2.75, 3.05) is 32.0 Å². The number of aromatic nitrogens is 1. The van der Waals surface area contributed by atoms with Crippen molar-refractivity contribution in [2.24, 2.45) is 5.41 Å². The number of thiazole rings is 1. The van der Waals surface area contributed by atoms with Gasteiger partial charge in [0.25, 0.3) is 18.3 Å². The van der Waals surface area contributed by atoms with Gasteiger partial charge < -0.3 is 25.7 Å². The van der Waals surface area contributed by atoms with E-state index in [0.717, 1.165) is 12.8 Å². The fraction of sp³-hybridized carbons (Fsp3) is 0.429. The number of piperidine rings is 2. The second-order valence-corrected chi connectivity index (χ2v) is 8.57. The Morgan fingerprint density at radius 3 is 2.55 bits per heavy atom. The van der Waals surface area contributed by atoms with Crippen molar-refractivity contribution in [3.05, 3.63) is 47.0 Å². The number of rotatable bonds is 3. The number of hydrogen-bond donors (Lipinski definition) is 3. The molecule has 4 rings (SSSR count). The number of carbonyl (C=O) groups is 3. The molecule has 0 bridgehead atoms. The van der Waals surface area contributed by atoms with Crippen LogP contribution in [0.3, 0.4) is 0 Å². The lowest BCUT2D eigenvalue weighted by Crippen LogP contribution is -2.64. The number of amides is 2. The molecule has 0 spiro atoms. The molecule has 4 N–H and O–H groups in total. The predicted octanol–water partition coefficient (Wildman–Crippen LogP) is 1.56. The summed E-state index contributed by atoms with van der Waals surface area (Å²) in [5.74, 6) is -0.215. The van der Waals surface area contributed by atoms with Gasteiger partial charge in [-0.3, -0.25) is 14.4 Å². The van der Waals surface area contributed by atoms with Gasteiger partial charge in [-0.1, -0.05) is 18.2 Å². The minimum atomic E-state index is -0.372. The van der Waals surface area contributed by atoms with Gasteiger partial charge in [0.1, 0.15) is 5.69 Å². The van der Waals surface area contributed by atoms with Crippen LogP contribution in [0.5, 0.6) is 0 Å². The van der Waals surface area contributed by atoms with Crippen LogP contribution in [0.15, 0.2) is 35.7 Å². The summed E-state index contributed by atoms with van der Waals surface area (Å²) in [5, 5.41) is 19.1. The van der Waals surface area contributed by atoms with Gasteiger partial charge in [-0.25, -0.2) is 4.98 Å². The molecule has 2 atom stereocenters. The molecule has 166 valence electrons. The van der Waals surface area contributed by atoms with Crippen LogP contribution in [0, 0.1) is 5.41 Å². The second-order valence-electron chi connectivity index (χ2n) is 7.68. The molecule has 2 amide bonds. The fourth-order valence-corrected chi connectivity index (χ4v) is 5.02. The molecule has 0 radical (unpaired) electrons. The highest BCUT2D eigenvalue weighted by Gasteiger charge is 2.50. The maximum atomic E-state index is 13.1. The van der Waals surface area contributed by atoms with Crippen molar-refractivity contribution >= 4 is 34.8 Å². The van der Waals surface area contributed by atoms with Crippen molar-refractivity contribution in [3.8, 4) is 0 Å². The number of anilines is 1. The van der Waals surface area contributed by atoms with E-state index in [-0.39, 0.29) is 36.4 Å². The first kappa shape index (κ1) is 22.7. The van der Waals surface area contributed by atoms with Crippen molar-refractivity contribution in [1.82, 2.24) is 14.8 Å². The van der Waals surface area contributed by atoms with Crippen LogP contribution in [-0.4, -0.2) is 75.6 Å². The molecule has 1 aromatic heterocycles. The summed E-state index contributed by atoms with van der Waals surface area (Å²) in [5.41, 5.74) is 6.30. The summed E-state index contributed by atoms with van der Waals surface area (Å²) in [6, 6.07) is 8.94. The minimum Gasteiger partial charge on any atom is -0.483 e. The highest BCUT2D eigenvalue weighted by atomic mass is 32.1. The van der Waals surface area contributed by atoms with Crippen LogP contribution in [0.4, 0.5) is 5.13 Å². The number of hydrogen-bond acceptors (Lipinski definition) is 7. The molecule has 0 aliphatic carbocycles. The zero-order valence-corrected chi connectivity index (χ0v) is 17.8. The van der Waals surface area contributed by atoms with E-state index in [1.165, 1.54) is 11.3 Å². The molecule has 3 heterocycles. The number of aliphatic hydroxyl groups excluding tert-OH is 1. The lowest BCUT2D eigenvalue weighted by Gasteiger charge is -2.54. The summed E-state index contributed by atoms with van der Waals surface area (Å²) in [6.07, 6.45) is 2.36. The maximum absolute atomic E-state index is 13.1. The van der Waals surface area contributed by atoms with E-state index in [0.29, 0.717) is 42.4 Å². The zero-order valence-electron chi connectivity index (χ0n) is 17.0. The topological polar surface area (TPSA) is 137 Å². The average Bonchev–Trinajstić information content (AvgIpc) is 3.24. The number of fused-ring (bicyclic) bond motifs is 1. The van der Waals surface area contributed by atoms with E-state index in [2.05, 4.69) is 4.98 Å². The lowest BCUT2D eigenvalue weighted by molar-refractivity contribution is -0.122. The first-order valence-electron chi connectivity index (χ1n) is 10.0. The highest BCUT2D eigenvalue weighted by molar-refractivity contribution is 7.13. The van der Waals surface area contributed by atoms with Crippen molar-refractivity contribution < 1.29 is 24.6 Å². The van der Waals surface area contributed by atoms with E-state index in [9.17, 15) is 14.7 Å². The van der Waals surface area contributed by atoms with E-state index in [1.807, 2.05) is 18.2 Å². The number of nitrogen functional groups attached to an aromatic ring is 1. The van der Waals surface area contributed by atoms with Crippen LogP contribution >= 0.6 is 11.3 Å². The smallest absolute Gasteiger partial charge is 0.290 e. The molecule has 2 aliphatic rings. The molecule has 2 saturated heterocycles. The first-order valence-corrected chi connectivity index (χ1v) is 10.9. The third kappa shape index (κ3) is 4.70. The SMILES string of the molecule is Nc1nc(C(=O)N2CCC[C@@]3(CO)CCN(C(=O)c4ccccc4)C[C@H]23)cs1.O=CO. The quantitative estimate of drug-likeness (QED) is 0.608. The summed E-state index contributed by atoms with van der Waals surface area (Å²) in [6.45, 7) is 1.35. The van der Waals surface area contributed by atoms with Crippen molar-refractivity contribution in [1.29, 1.82) is 0 Å². The standard InChI is InChI=1S/C20H24N4O3S.CH2O2/c21-19-22-15(12-28-19)18(27)24-9-4-7-20(13-25)8-10-23(11-16(20)24)17(26)14-5-2-1-3-6-14;2-1-3/h1-3,5-6,12,16,25H,4,7-11,13H2,(H2,21,22);1H,(H,2,3)/t16-,20-;/m0./s1. The zero-order chi connectivity index (χ0) is 22.4. The Kier molecular flexibility index (Phi) is 7.24. The summed E-state index contributed by atoms with van der Waals surface area (Å²) >= 11 is 1.24. The normalized spacial score (nSPS) is 22.7. The lowest BCUT2D eigenvalue weighted by atomic mass is 9.68. The van der Waals surface area contributed by atoms with Gasteiger partial charge in [-0.2, -0.15) is 0 Å². The van der Waals surface area contributed by atoms with Gasteiger partial charge in [0, 0.05) is 36.0 Å². The second kappa shape index (κ2) is 9.88. The molecule has 0 unspecified atom stereocenters. The van der Waals surface area contributed by atoms with Gasteiger partial charge in [-0.15, -0.1) is 11.3 Å². The molecule has 2 fully saturated rings. The average molecular weight is 447 g/mol. The van der Waals surface area contributed by atoms with Crippen LogP contribution in [0.25, 0.3) is 0 Å². The molecule has 1 aromatic carbocycles. The molecule has 2 aromatic rings. The van der Waals surface area contributed by atoms with E-state index >= 15 is 0 Å². The Hall–Kier alpha value is -2.98. The van der Waals surface area contributed by atoms with Crippen LogP contribution in [0.1, 0.15) is 40.1 Å². The van der Waals surface area contributed by atoms with E-state index in [4.69, 9.17) is 15.6 Å². The summed E-state index contributed by atoms with van der Waals surface area (Å²) in [7, 11) is 0. The van der Waals surface area contributed by atoms with Crippen LogP contribution in [-0.2, 0) is 4.79 Å². The molecule has 10 heteroatoms. The Morgan fingerprint density at radius 1 is 1.23 bits per heavy atom. The molecule has 31 heavy (non-hydrogen) atoms. The first-order chi connectivity index (χ1) is 15.0. The van der Waals surface area contributed by atoms with Gasteiger partial charge in [0.2, 0.25) is 0 Å². The number of carboxylic acid groups (broad SMARTS) is 1. The van der Waals surface area contributed by atoms with Gasteiger partial charge in [0.15, 0.2) is 5.13 Å². The Balaban J connectivity index is 0.000000858. The van der Waals surface area contributed by atoms with Crippen molar-refractivity contribution in [3.63, 3.8) is 0 Å². The van der Waals surface area contributed by atoms with Crippen molar-refractivity contribution in [2.45, 2.75) is 25.3 Å². The third-order valence-electron chi connectivity index (χ3n) is 6.05. The van der Waals surface area contributed by atoms with Gasteiger partial charge >= 0.3 is 0 Å². The minimum absolute atomic E-state index is 0.00795. The van der Waals surface area contributed by atoms with Gasteiger partial charge in [-0.05, 0) is 31.4 Å². The highest BCUT2D eigenvalue weighted by Crippen LogP contribution is 2.43. The Bertz CT molecular complexity index is 922. The van der Waals surface area contributed by atoms with Crippen LogP contribution < -0.4 is 5.73 Å². The molecule has 0 saturated carbocycles. The monoisotopic (exact) mass is 446 g/mol. The third-order valence-corrected chi connectivity index (χ3v) is 6.73. The number of benzene rings is 1. The molecular weight excluding hydrogens is 420 g/mol. The largest absolute Gasteiger partial charge is 0.483 e. The summed E-state index contributed by atoms with van der Waals surface area (Å²) < 4.78 is 0. The van der Waals surface area contributed by atoms with Gasteiger partial charge in [0.05, 0.1) is 12.6 Å². The molecular formula is C21H26N4O5S. The number of nitrogens with two attached hydrogens (primary N) is 1. The number of nitrogens with zero attached hydrogens (tertiary/aromatic N) is 3. The summed E-state index contributed by atoms with van der Waals surface area (Å²) in [4.78, 5) is 42.1. The number of aliphatic hydroxyl groups is 1. The number of likely N-dealkylation sites (tertiary alicyclic amines) is 2. The van der Waals surface area contributed by atoms with E-state index in [1.54, 1.807) is 27.3 Å². The predicted molar refractivity (Wildman–Crippen MR) is 116 cm³/mol. The fourth-order valence-electron chi connectivity index (χ4n) is 4.48. The number of carbonyl (C=O) groups excluding carboxylic acids is 2. The molecule has 2 aliphatic heterocycles. The Labute approximate surface area is 184 Å². The van der Waals surface area contributed by atoms with E-state index < -0.39 is 0 Å². The molecule has 9 nitrogen and oxygen atoms in total.